The van der Waals surface area contributed by atoms with Gasteiger partial charge in [0.2, 0.25) is 6.29 Å². The van der Waals surface area contributed by atoms with Crippen molar-refractivity contribution >= 4 is 12.3 Å². The second kappa shape index (κ2) is 7.43. The summed E-state index contributed by atoms with van der Waals surface area (Å²) in [7, 11) is 0. The molecule has 0 aromatic rings. The van der Waals surface area contributed by atoms with Gasteiger partial charge in [0.1, 0.15) is 0 Å². The quantitative estimate of drug-likeness (QED) is 0.460. The lowest BCUT2D eigenvalue weighted by molar-refractivity contribution is -0.151. The number of carbonyl (C=O) groups excluding carboxylic acids is 2. The lowest BCUT2D eigenvalue weighted by atomic mass is 9.92. The highest BCUT2D eigenvalue weighted by Crippen LogP contribution is 2.23. The molecule has 3 heteroatoms. The van der Waals surface area contributed by atoms with Crippen molar-refractivity contribution in [1.29, 1.82) is 0 Å². The fraction of sp³-hybridized carbons (Fsp3) is 0.833. The van der Waals surface area contributed by atoms with E-state index in [0.29, 0.717) is 12.8 Å². The van der Waals surface area contributed by atoms with Gasteiger partial charge in [-0.2, -0.15) is 0 Å². The molecule has 0 amide bonds. The van der Waals surface area contributed by atoms with Crippen LogP contribution >= 0.6 is 0 Å². The molecule has 0 fully saturated rings. The number of hydrogen-bond donors (Lipinski definition) is 0. The number of esters is 1. The second-order valence-corrected chi connectivity index (χ2v) is 3.90. The third kappa shape index (κ3) is 5.55. The van der Waals surface area contributed by atoms with Crippen LogP contribution in [0.1, 0.15) is 59.3 Å². The van der Waals surface area contributed by atoms with Crippen molar-refractivity contribution in [3.8, 4) is 0 Å². The van der Waals surface area contributed by atoms with E-state index in [2.05, 4.69) is 6.92 Å². The van der Waals surface area contributed by atoms with Crippen LogP contribution in [0, 0.1) is 0 Å². The number of hydrogen-bond acceptors (Lipinski definition) is 3. The van der Waals surface area contributed by atoms with Crippen LogP contribution in [0.5, 0.6) is 0 Å². The van der Waals surface area contributed by atoms with E-state index in [0.717, 1.165) is 25.7 Å². The molecule has 0 heterocycles. The van der Waals surface area contributed by atoms with Gasteiger partial charge in [-0.25, -0.2) is 0 Å². The Hall–Kier alpha value is -0.860. The SMILES string of the molecule is CCCCCC([C]=O)(CCC)OC(C)=O. The lowest BCUT2D eigenvalue weighted by Gasteiger charge is -2.26. The number of unbranched alkanes of at least 4 members (excludes halogenated alkanes) is 2. The molecule has 0 aliphatic rings. The first-order valence-corrected chi connectivity index (χ1v) is 5.69. The minimum absolute atomic E-state index is 0.400. The van der Waals surface area contributed by atoms with Crippen LogP contribution in [-0.2, 0) is 14.3 Å². The van der Waals surface area contributed by atoms with Crippen molar-refractivity contribution in [1.82, 2.24) is 0 Å². The van der Waals surface area contributed by atoms with E-state index in [-0.39, 0.29) is 0 Å². The lowest BCUT2D eigenvalue weighted by Crippen LogP contribution is -2.36. The Balaban J connectivity index is 4.35. The fourth-order valence-electron chi connectivity index (χ4n) is 1.69. The van der Waals surface area contributed by atoms with Crippen LogP contribution < -0.4 is 0 Å². The zero-order chi connectivity index (χ0) is 11.7. The van der Waals surface area contributed by atoms with Gasteiger partial charge >= 0.3 is 5.97 Å². The van der Waals surface area contributed by atoms with Gasteiger partial charge in [0.15, 0.2) is 5.60 Å². The maximum Gasteiger partial charge on any atom is 0.303 e. The number of carbonyl (C=O) groups is 1. The van der Waals surface area contributed by atoms with Gasteiger partial charge < -0.3 is 4.74 Å². The first-order valence-electron chi connectivity index (χ1n) is 5.69. The molecule has 0 spiro atoms. The molecule has 1 unspecified atom stereocenters. The van der Waals surface area contributed by atoms with E-state index in [4.69, 9.17) is 4.74 Å². The van der Waals surface area contributed by atoms with E-state index in [9.17, 15) is 9.59 Å². The van der Waals surface area contributed by atoms with Crippen molar-refractivity contribution in [2.45, 2.75) is 64.9 Å². The Labute approximate surface area is 92.2 Å². The topological polar surface area (TPSA) is 43.4 Å². The summed E-state index contributed by atoms with van der Waals surface area (Å²) in [6, 6.07) is 0. The molecule has 0 saturated heterocycles. The summed E-state index contributed by atoms with van der Waals surface area (Å²) in [5, 5.41) is 0. The summed E-state index contributed by atoms with van der Waals surface area (Å²) in [4.78, 5) is 21.9. The van der Waals surface area contributed by atoms with Crippen LogP contribution in [0.25, 0.3) is 0 Å². The predicted octanol–water partition coefficient (Wildman–Crippen LogP) is 2.78. The van der Waals surface area contributed by atoms with Gasteiger partial charge in [0.25, 0.3) is 0 Å². The molecule has 0 saturated carbocycles. The first kappa shape index (κ1) is 14.1. The molecular weight excluding hydrogens is 192 g/mol. The molecule has 0 aliphatic heterocycles. The molecule has 0 bridgehead atoms. The van der Waals surface area contributed by atoms with E-state index >= 15 is 0 Å². The Morgan fingerprint density at radius 2 is 1.87 bits per heavy atom. The van der Waals surface area contributed by atoms with Crippen molar-refractivity contribution < 1.29 is 14.3 Å². The van der Waals surface area contributed by atoms with Crippen molar-refractivity contribution in [3.05, 3.63) is 0 Å². The molecular formula is C12H21O3. The summed E-state index contributed by atoms with van der Waals surface area (Å²) >= 11 is 0. The Morgan fingerprint density at radius 1 is 1.20 bits per heavy atom. The Kier molecular flexibility index (Phi) is 7.01. The van der Waals surface area contributed by atoms with Crippen LogP contribution in [0.2, 0.25) is 0 Å². The van der Waals surface area contributed by atoms with Gasteiger partial charge in [0, 0.05) is 6.92 Å². The van der Waals surface area contributed by atoms with Crippen LogP contribution in [-0.4, -0.2) is 17.9 Å². The van der Waals surface area contributed by atoms with E-state index in [1.54, 1.807) is 0 Å². The normalized spacial score (nSPS) is 14.3. The largest absolute Gasteiger partial charge is 0.451 e. The fourth-order valence-corrected chi connectivity index (χ4v) is 1.69. The van der Waals surface area contributed by atoms with Crippen molar-refractivity contribution in [3.63, 3.8) is 0 Å². The smallest absolute Gasteiger partial charge is 0.303 e. The molecule has 15 heavy (non-hydrogen) atoms. The highest BCUT2D eigenvalue weighted by Gasteiger charge is 2.32. The van der Waals surface area contributed by atoms with E-state index < -0.39 is 11.6 Å². The maximum absolute atomic E-state index is 10.9. The van der Waals surface area contributed by atoms with E-state index in [1.165, 1.54) is 6.92 Å². The molecule has 0 N–H and O–H groups in total. The molecule has 0 rings (SSSR count). The summed E-state index contributed by atoms with van der Waals surface area (Å²) in [5.41, 5.74) is -0.990. The van der Waals surface area contributed by atoms with Crippen molar-refractivity contribution in [2.24, 2.45) is 0 Å². The second-order valence-electron chi connectivity index (χ2n) is 3.90. The third-order valence-corrected chi connectivity index (χ3v) is 2.36. The summed E-state index contributed by atoms with van der Waals surface area (Å²) in [6.45, 7) is 5.40. The van der Waals surface area contributed by atoms with Crippen LogP contribution in [0.15, 0.2) is 0 Å². The zero-order valence-corrected chi connectivity index (χ0v) is 9.97. The van der Waals surface area contributed by atoms with E-state index in [1.807, 2.05) is 13.2 Å². The maximum atomic E-state index is 10.9. The number of ether oxygens (including phenoxy) is 1. The zero-order valence-electron chi connectivity index (χ0n) is 9.97. The highest BCUT2D eigenvalue weighted by atomic mass is 16.6. The Bertz CT molecular complexity index is 201. The van der Waals surface area contributed by atoms with Crippen molar-refractivity contribution in [2.75, 3.05) is 0 Å². The van der Waals surface area contributed by atoms with Gasteiger partial charge in [-0.15, -0.1) is 0 Å². The summed E-state index contributed by atoms with van der Waals surface area (Å²) in [6.07, 6.45) is 6.93. The Morgan fingerprint density at radius 3 is 2.27 bits per heavy atom. The average molecular weight is 213 g/mol. The molecule has 3 nitrogen and oxygen atoms in total. The molecule has 87 valence electrons. The third-order valence-electron chi connectivity index (χ3n) is 2.36. The standard InChI is InChI=1S/C12H21O3/c1-4-6-7-9-12(10-13,8-5-2)15-11(3)14/h4-9H2,1-3H3. The van der Waals surface area contributed by atoms with Crippen LogP contribution in [0.4, 0.5) is 0 Å². The minimum atomic E-state index is -0.990. The first-order chi connectivity index (χ1) is 7.10. The monoisotopic (exact) mass is 213 g/mol. The molecule has 0 aromatic heterocycles. The van der Waals surface area contributed by atoms with Gasteiger partial charge in [-0.1, -0.05) is 33.1 Å². The predicted molar refractivity (Wildman–Crippen MR) is 59.2 cm³/mol. The molecule has 0 aliphatic carbocycles. The molecule has 1 atom stereocenters. The van der Waals surface area contributed by atoms with Gasteiger partial charge in [-0.05, 0) is 19.3 Å². The van der Waals surface area contributed by atoms with Gasteiger partial charge in [0.05, 0.1) is 0 Å². The highest BCUT2D eigenvalue weighted by molar-refractivity contribution is 5.73. The molecule has 1 radical (unpaired) electrons. The molecule has 0 aromatic carbocycles. The van der Waals surface area contributed by atoms with Crippen LogP contribution in [0.3, 0.4) is 0 Å². The summed E-state index contributed by atoms with van der Waals surface area (Å²) in [5.74, 6) is -0.400. The minimum Gasteiger partial charge on any atom is -0.451 e. The average Bonchev–Trinajstić information content (AvgIpc) is 2.17. The van der Waals surface area contributed by atoms with Gasteiger partial charge in [-0.3, -0.25) is 9.59 Å². The number of rotatable bonds is 8. The summed E-state index contributed by atoms with van der Waals surface area (Å²) < 4.78 is 5.11.